The van der Waals surface area contributed by atoms with Crippen molar-refractivity contribution in [3.05, 3.63) is 0 Å². The zero-order chi connectivity index (χ0) is 15.1. The fourth-order valence-electron chi connectivity index (χ4n) is 1.15. The first-order valence-corrected chi connectivity index (χ1v) is 6.41. The molecule has 0 aliphatic heterocycles. The van der Waals surface area contributed by atoms with Gasteiger partial charge >= 0.3 is 18.0 Å². The number of amides is 1. The molecule has 20 heavy (non-hydrogen) atoms. The number of aliphatic carboxylic acids is 1. The number of hydrogen-bond donors (Lipinski definition) is 2. The third-order valence-electron chi connectivity index (χ3n) is 1.99. The van der Waals surface area contributed by atoms with E-state index in [1.165, 1.54) is 21.1 Å². The standard InChI is InChI=1S/C10H14N4O5S/c1-5(15)11-6(7(16)17)4-20-10-13-8(18-2)12-9(14-10)19-3/h6H,4H2,1-3H3,(H,11,15)(H,16,17)/t6-/m0/s1. The Kier molecular flexibility index (Phi) is 5.97. The number of aromatic nitrogens is 3. The van der Waals surface area contributed by atoms with Gasteiger partial charge in [-0.15, -0.1) is 4.98 Å². The summed E-state index contributed by atoms with van der Waals surface area (Å²) in [5, 5.41) is 11.5. The van der Waals surface area contributed by atoms with E-state index in [1.54, 1.807) is 0 Å². The van der Waals surface area contributed by atoms with Gasteiger partial charge in [0, 0.05) is 12.7 Å². The monoisotopic (exact) mass is 302 g/mol. The molecule has 1 rings (SSSR count). The van der Waals surface area contributed by atoms with E-state index in [-0.39, 0.29) is 22.9 Å². The second-order valence-corrected chi connectivity index (χ2v) is 4.48. The zero-order valence-corrected chi connectivity index (χ0v) is 11.9. The molecule has 0 saturated carbocycles. The number of carbonyl (C=O) groups is 2. The van der Waals surface area contributed by atoms with E-state index in [0.717, 1.165) is 11.8 Å². The largest absolute Gasteiger partial charge is 0.480 e. The predicted molar refractivity (Wildman–Crippen MR) is 68.9 cm³/mol. The van der Waals surface area contributed by atoms with Crippen molar-refractivity contribution in [2.24, 2.45) is 0 Å². The molecule has 10 heteroatoms. The Hall–Kier alpha value is -2.10. The second kappa shape index (κ2) is 7.48. The fourth-order valence-corrected chi connectivity index (χ4v) is 1.97. The van der Waals surface area contributed by atoms with Gasteiger partial charge < -0.3 is 19.9 Å². The highest BCUT2D eigenvalue weighted by Gasteiger charge is 2.20. The van der Waals surface area contributed by atoms with Crippen molar-refractivity contribution in [3.63, 3.8) is 0 Å². The molecule has 1 atom stereocenters. The molecular weight excluding hydrogens is 288 g/mol. The van der Waals surface area contributed by atoms with E-state index in [9.17, 15) is 9.59 Å². The third-order valence-corrected chi connectivity index (χ3v) is 2.93. The van der Waals surface area contributed by atoms with Gasteiger partial charge in [0.05, 0.1) is 14.2 Å². The lowest BCUT2D eigenvalue weighted by Crippen LogP contribution is -2.41. The number of rotatable bonds is 7. The molecule has 0 aliphatic carbocycles. The van der Waals surface area contributed by atoms with Crippen LogP contribution in [-0.2, 0) is 9.59 Å². The van der Waals surface area contributed by atoms with Crippen molar-refractivity contribution >= 4 is 23.6 Å². The lowest BCUT2D eigenvalue weighted by Gasteiger charge is -2.12. The van der Waals surface area contributed by atoms with Gasteiger partial charge in [-0.3, -0.25) is 4.79 Å². The average molecular weight is 302 g/mol. The van der Waals surface area contributed by atoms with Crippen molar-refractivity contribution in [1.29, 1.82) is 0 Å². The summed E-state index contributed by atoms with van der Waals surface area (Å²) in [5.74, 6) is -1.50. The van der Waals surface area contributed by atoms with Gasteiger partial charge in [-0.25, -0.2) is 4.79 Å². The molecule has 0 aromatic carbocycles. The zero-order valence-electron chi connectivity index (χ0n) is 11.1. The molecule has 110 valence electrons. The smallest absolute Gasteiger partial charge is 0.327 e. The van der Waals surface area contributed by atoms with E-state index in [0.29, 0.717) is 0 Å². The van der Waals surface area contributed by atoms with Gasteiger partial charge in [0.15, 0.2) is 5.16 Å². The molecule has 0 unspecified atom stereocenters. The van der Waals surface area contributed by atoms with Crippen molar-refractivity contribution in [3.8, 4) is 12.0 Å². The SMILES string of the molecule is COc1nc(OC)nc(SC[C@H](NC(C)=O)C(=O)O)n1. The molecule has 0 bridgehead atoms. The first-order chi connectivity index (χ1) is 9.46. The van der Waals surface area contributed by atoms with E-state index < -0.39 is 17.9 Å². The van der Waals surface area contributed by atoms with E-state index >= 15 is 0 Å². The summed E-state index contributed by atoms with van der Waals surface area (Å²) in [4.78, 5) is 33.6. The van der Waals surface area contributed by atoms with Crippen LogP contribution in [-0.4, -0.2) is 57.9 Å². The number of hydrogen-bond acceptors (Lipinski definition) is 8. The topological polar surface area (TPSA) is 124 Å². The highest BCUT2D eigenvalue weighted by atomic mass is 32.2. The van der Waals surface area contributed by atoms with Crippen molar-refractivity contribution in [1.82, 2.24) is 20.3 Å². The number of thioether (sulfide) groups is 1. The van der Waals surface area contributed by atoms with Gasteiger partial charge in [-0.05, 0) is 0 Å². The summed E-state index contributed by atoms with van der Waals surface area (Å²) in [6.07, 6.45) is 0. The maximum Gasteiger partial charge on any atom is 0.327 e. The highest BCUT2D eigenvalue weighted by molar-refractivity contribution is 7.99. The third kappa shape index (κ3) is 4.88. The van der Waals surface area contributed by atoms with Crippen LogP contribution in [0.2, 0.25) is 0 Å². The van der Waals surface area contributed by atoms with Gasteiger partial charge in [-0.1, -0.05) is 11.8 Å². The molecule has 0 saturated heterocycles. The number of ether oxygens (including phenoxy) is 2. The molecule has 2 N–H and O–H groups in total. The second-order valence-electron chi connectivity index (χ2n) is 3.49. The van der Waals surface area contributed by atoms with Crippen molar-refractivity contribution in [2.75, 3.05) is 20.0 Å². The Morgan fingerprint density at radius 3 is 2.20 bits per heavy atom. The summed E-state index contributed by atoms with van der Waals surface area (Å²) in [6, 6.07) is -0.914. The molecule has 1 aromatic heterocycles. The van der Waals surface area contributed by atoms with Gasteiger partial charge in [0.25, 0.3) is 0 Å². The van der Waals surface area contributed by atoms with Crippen LogP contribution < -0.4 is 14.8 Å². The minimum atomic E-state index is -1.14. The molecule has 1 amide bonds. The summed E-state index contributed by atoms with van der Waals surface area (Å²) in [6.45, 7) is 1.25. The molecule has 0 radical (unpaired) electrons. The van der Waals surface area contributed by atoms with Crippen molar-refractivity contribution < 1.29 is 24.2 Å². The summed E-state index contributed by atoms with van der Waals surface area (Å²) < 4.78 is 9.75. The minimum absolute atomic E-state index is 0.0607. The number of methoxy groups -OCH3 is 2. The van der Waals surface area contributed by atoms with Crippen LogP contribution in [0.4, 0.5) is 0 Å². The number of carboxylic acids is 1. The fraction of sp³-hybridized carbons (Fsp3) is 0.500. The molecule has 1 heterocycles. The highest BCUT2D eigenvalue weighted by Crippen LogP contribution is 2.19. The van der Waals surface area contributed by atoms with Crippen LogP contribution in [0, 0.1) is 0 Å². The maximum absolute atomic E-state index is 11.0. The Balaban J connectivity index is 2.76. The lowest BCUT2D eigenvalue weighted by molar-refractivity contribution is -0.140. The quantitative estimate of drug-likeness (QED) is 0.645. The lowest BCUT2D eigenvalue weighted by atomic mass is 10.3. The summed E-state index contributed by atoms with van der Waals surface area (Å²) in [7, 11) is 2.78. The minimum Gasteiger partial charge on any atom is -0.480 e. The first-order valence-electron chi connectivity index (χ1n) is 5.43. The molecule has 0 spiro atoms. The van der Waals surface area contributed by atoms with Gasteiger partial charge in [0.2, 0.25) is 5.91 Å². The average Bonchev–Trinajstić information content (AvgIpc) is 2.42. The molecule has 9 nitrogen and oxygen atoms in total. The van der Waals surface area contributed by atoms with E-state index in [2.05, 4.69) is 20.3 Å². The van der Waals surface area contributed by atoms with E-state index in [4.69, 9.17) is 14.6 Å². The molecule has 0 fully saturated rings. The van der Waals surface area contributed by atoms with Crippen LogP contribution in [0.1, 0.15) is 6.92 Å². The van der Waals surface area contributed by atoms with Gasteiger partial charge in [0.1, 0.15) is 6.04 Å². The van der Waals surface area contributed by atoms with Gasteiger partial charge in [-0.2, -0.15) is 9.97 Å². The maximum atomic E-state index is 11.0. The summed E-state index contributed by atoms with van der Waals surface area (Å²) in [5.41, 5.74) is 0. The van der Waals surface area contributed by atoms with Crippen LogP contribution in [0.15, 0.2) is 5.16 Å². The Labute approximate surface area is 119 Å². The normalized spacial score (nSPS) is 11.6. The Morgan fingerprint density at radius 1 is 1.25 bits per heavy atom. The molecular formula is C10H14N4O5S. The van der Waals surface area contributed by atoms with Crippen molar-refractivity contribution in [2.45, 2.75) is 18.1 Å². The first kappa shape index (κ1) is 16.0. The predicted octanol–water partition coefficient (Wildman–Crippen LogP) is -0.430. The molecule has 0 aliphatic rings. The number of carbonyl (C=O) groups excluding carboxylic acids is 1. The Morgan fingerprint density at radius 2 is 1.80 bits per heavy atom. The van der Waals surface area contributed by atoms with Crippen LogP contribution in [0.25, 0.3) is 0 Å². The number of carboxylic acid groups (broad SMARTS) is 1. The van der Waals surface area contributed by atoms with Crippen LogP contribution in [0.5, 0.6) is 12.0 Å². The van der Waals surface area contributed by atoms with E-state index in [1.807, 2.05) is 0 Å². The number of nitrogens with zero attached hydrogens (tertiary/aromatic N) is 3. The Bertz CT molecular complexity index is 476. The van der Waals surface area contributed by atoms with Crippen LogP contribution in [0.3, 0.4) is 0 Å². The summed E-state index contributed by atoms with van der Waals surface area (Å²) >= 11 is 1.04. The van der Waals surface area contributed by atoms with Crippen LogP contribution >= 0.6 is 11.8 Å². The molecule has 1 aromatic rings. The number of nitrogens with one attached hydrogen (secondary N) is 1.